The summed E-state index contributed by atoms with van der Waals surface area (Å²) in [6.45, 7) is 2.01. The van der Waals surface area contributed by atoms with Gasteiger partial charge in [0.1, 0.15) is 0 Å². The van der Waals surface area contributed by atoms with E-state index in [0.29, 0.717) is 0 Å². The lowest BCUT2D eigenvalue weighted by atomic mass is 9.94. The largest absolute Gasteiger partial charge is 0.387 e. The second kappa shape index (κ2) is 2.59. The van der Waals surface area contributed by atoms with Gasteiger partial charge in [-0.25, -0.2) is 0 Å². The van der Waals surface area contributed by atoms with Gasteiger partial charge >= 0.3 is 0 Å². The Balaban J connectivity index is 2.55. The molecule has 0 saturated heterocycles. The first-order chi connectivity index (χ1) is 5.70. The maximum Gasteiger partial charge on any atom is 0.0959 e. The first kappa shape index (κ1) is 7.80. The van der Waals surface area contributed by atoms with Gasteiger partial charge in [-0.3, -0.25) is 4.68 Å². The number of hydrogen-bond acceptors (Lipinski definition) is 2. The second-order valence-electron chi connectivity index (χ2n) is 3.48. The summed E-state index contributed by atoms with van der Waals surface area (Å²) in [5.74, 6) is 0. The Morgan fingerprint density at radius 3 is 3.00 bits per heavy atom. The van der Waals surface area contributed by atoms with E-state index in [0.717, 1.165) is 30.7 Å². The molecule has 1 atom stereocenters. The standard InChI is InChI=1S/C9H14N2O/c1-6-7-4-3-5-8(12)9(7)11(2)10-6/h8,12H,3-5H2,1-2H3. The molecule has 0 bridgehead atoms. The van der Waals surface area contributed by atoms with Crippen LogP contribution in [0, 0.1) is 6.92 Å². The Hall–Kier alpha value is -0.830. The predicted molar refractivity (Wildman–Crippen MR) is 45.8 cm³/mol. The van der Waals surface area contributed by atoms with E-state index in [1.807, 2.05) is 18.7 Å². The van der Waals surface area contributed by atoms with Gasteiger partial charge in [-0.05, 0) is 31.7 Å². The van der Waals surface area contributed by atoms with Crippen LogP contribution in [-0.2, 0) is 13.5 Å². The third-order valence-corrected chi connectivity index (χ3v) is 2.61. The van der Waals surface area contributed by atoms with Crippen molar-refractivity contribution in [1.82, 2.24) is 9.78 Å². The van der Waals surface area contributed by atoms with Crippen LogP contribution < -0.4 is 0 Å². The Morgan fingerprint density at radius 1 is 1.58 bits per heavy atom. The first-order valence-corrected chi connectivity index (χ1v) is 4.40. The van der Waals surface area contributed by atoms with Crippen LogP contribution in [0.5, 0.6) is 0 Å². The van der Waals surface area contributed by atoms with E-state index in [2.05, 4.69) is 5.10 Å². The number of aliphatic hydroxyl groups excluding tert-OH is 1. The SMILES string of the molecule is Cc1nn(C)c2c1CCCC2O. The molecule has 66 valence electrons. The minimum Gasteiger partial charge on any atom is -0.387 e. The van der Waals surface area contributed by atoms with Crippen molar-refractivity contribution in [3.63, 3.8) is 0 Å². The lowest BCUT2D eigenvalue weighted by Crippen LogP contribution is -2.12. The number of fused-ring (bicyclic) bond motifs is 1. The van der Waals surface area contributed by atoms with Crippen LogP contribution in [0.25, 0.3) is 0 Å². The van der Waals surface area contributed by atoms with Crippen LogP contribution in [0.2, 0.25) is 0 Å². The molecule has 1 aromatic rings. The van der Waals surface area contributed by atoms with Crippen LogP contribution in [0.15, 0.2) is 0 Å². The van der Waals surface area contributed by atoms with Gasteiger partial charge in [-0.15, -0.1) is 0 Å². The monoisotopic (exact) mass is 166 g/mol. The van der Waals surface area contributed by atoms with Crippen molar-refractivity contribution in [3.8, 4) is 0 Å². The molecule has 1 aliphatic carbocycles. The normalized spacial score (nSPS) is 22.4. The first-order valence-electron chi connectivity index (χ1n) is 4.40. The molecule has 3 nitrogen and oxygen atoms in total. The van der Waals surface area contributed by atoms with E-state index in [-0.39, 0.29) is 6.10 Å². The van der Waals surface area contributed by atoms with Gasteiger partial charge in [-0.2, -0.15) is 5.10 Å². The number of rotatable bonds is 0. The van der Waals surface area contributed by atoms with Crippen molar-refractivity contribution in [1.29, 1.82) is 0 Å². The molecule has 0 aliphatic heterocycles. The van der Waals surface area contributed by atoms with Gasteiger partial charge in [0.15, 0.2) is 0 Å². The van der Waals surface area contributed by atoms with E-state index >= 15 is 0 Å². The minimum absolute atomic E-state index is 0.292. The molecule has 0 aromatic carbocycles. The number of aryl methyl sites for hydroxylation is 2. The van der Waals surface area contributed by atoms with E-state index < -0.39 is 0 Å². The van der Waals surface area contributed by atoms with Crippen LogP contribution in [0.3, 0.4) is 0 Å². The molecule has 1 heterocycles. The summed E-state index contributed by atoms with van der Waals surface area (Å²) >= 11 is 0. The summed E-state index contributed by atoms with van der Waals surface area (Å²) < 4.78 is 1.81. The molecule has 0 spiro atoms. The van der Waals surface area contributed by atoms with Gasteiger partial charge in [-0.1, -0.05) is 0 Å². The third kappa shape index (κ3) is 0.966. The quantitative estimate of drug-likeness (QED) is 0.626. The van der Waals surface area contributed by atoms with Gasteiger partial charge < -0.3 is 5.11 Å². The summed E-state index contributed by atoms with van der Waals surface area (Å²) in [5, 5.41) is 14.0. The van der Waals surface area contributed by atoms with Crippen LogP contribution in [0.4, 0.5) is 0 Å². The van der Waals surface area contributed by atoms with E-state index in [1.54, 1.807) is 0 Å². The molecule has 3 heteroatoms. The van der Waals surface area contributed by atoms with Gasteiger partial charge in [0, 0.05) is 7.05 Å². The number of hydrogen-bond donors (Lipinski definition) is 1. The smallest absolute Gasteiger partial charge is 0.0959 e. The van der Waals surface area contributed by atoms with Crippen LogP contribution in [0.1, 0.15) is 35.9 Å². The molecule has 0 radical (unpaired) electrons. The molecule has 12 heavy (non-hydrogen) atoms. The Labute approximate surface area is 72.0 Å². The van der Waals surface area contributed by atoms with Crippen molar-refractivity contribution in [3.05, 3.63) is 17.0 Å². The van der Waals surface area contributed by atoms with Gasteiger partial charge in [0.2, 0.25) is 0 Å². The number of aromatic nitrogens is 2. The zero-order valence-corrected chi connectivity index (χ0v) is 7.54. The molecule has 0 fully saturated rings. The predicted octanol–water partition coefficient (Wildman–Crippen LogP) is 1.10. The molecule has 1 unspecified atom stereocenters. The highest BCUT2D eigenvalue weighted by molar-refractivity contribution is 5.29. The van der Waals surface area contributed by atoms with Crippen molar-refractivity contribution in [2.45, 2.75) is 32.3 Å². The average Bonchev–Trinajstić information content (AvgIpc) is 2.29. The second-order valence-corrected chi connectivity index (χ2v) is 3.48. The molecule has 1 aromatic heterocycles. The van der Waals surface area contributed by atoms with Gasteiger partial charge in [0.05, 0.1) is 17.5 Å². The fourth-order valence-electron chi connectivity index (χ4n) is 2.05. The van der Waals surface area contributed by atoms with E-state index in [1.165, 1.54) is 5.56 Å². The van der Waals surface area contributed by atoms with Crippen molar-refractivity contribution >= 4 is 0 Å². The summed E-state index contributed by atoms with van der Waals surface area (Å²) in [6, 6.07) is 0. The lowest BCUT2D eigenvalue weighted by molar-refractivity contribution is 0.147. The summed E-state index contributed by atoms with van der Waals surface area (Å²) in [7, 11) is 1.90. The number of aliphatic hydroxyl groups is 1. The van der Waals surface area contributed by atoms with E-state index in [9.17, 15) is 5.11 Å². The summed E-state index contributed by atoms with van der Waals surface area (Å²) in [5.41, 5.74) is 3.36. The molecule has 1 aliphatic rings. The maximum absolute atomic E-state index is 9.69. The van der Waals surface area contributed by atoms with Gasteiger partial charge in [0.25, 0.3) is 0 Å². The van der Waals surface area contributed by atoms with Crippen molar-refractivity contribution < 1.29 is 5.11 Å². The Bertz CT molecular complexity index is 304. The lowest BCUT2D eigenvalue weighted by Gasteiger charge is -2.18. The highest BCUT2D eigenvalue weighted by Crippen LogP contribution is 2.30. The average molecular weight is 166 g/mol. The topological polar surface area (TPSA) is 38.0 Å². The maximum atomic E-state index is 9.69. The Morgan fingerprint density at radius 2 is 2.33 bits per heavy atom. The van der Waals surface area contributed by atoms with Crippen LogP contribution in [-0.4, -0.2) is 14.9 Å². The van der Waals surface area contributed by atoms with Crippen molar-refractivity contribution in [2.24, 2.45) is 7.05 Å². The fraction of sp³-hybridized carbons (Fsp3) is 0.667. The molecule has 0 saturated carbocycles. The highest BCUT2D eigenvalue weighted by Gasteiger charge is 2.23. The third-order valence-electron chi connectivity index (χ3n) is 2.61. The zero-order valence-electron chi connectivity index (χ0n) is 7.54. The highest BCUT2D eigenvalue weighted by atomic mass is 16.3. The zero-order chi connectivity index (χ0) is 8.72. The van der Waals surface area contributed by atoms with Crippen molar-refractivity contribution in [2.75, 3.05) is 0 Å². The number of nitrogens with zero attached hydrogens (tertiary/aromatic N) is 2. The summed E-state index contributed by atoms with van der Waals surface area (Å²) in [4.78, 5) is 0. The Kier molecular flexibility index (Phi) is 1.68. The van der Waals surface area contributed by atoms with E-state index in [4.69, 9.17) is 0 Å². The molecular formula is C9H14N2O. The molecule has 1 N–H and O–H groups in total. The molecule has 0 amide bonds. The summed E-state index contributed by atoms with van der Waals surface area (Å²) in [6.07, 6.45) is 2.75. The molecule has 2 rings (SSSR count). The minimum atomic E-state index is -0.292. The molecular weight excluding hydrogens is 152 g/mol. The van der Waals surface area contributed by atoms with Crippen LogP contribution >= 0.6 is 0 Å². The fourth-order valence-corrected chi connectivity index (χ4v) is 2.05.